The number of rotatable bonds is 8. The first-order valence-electron chi connectivity index (χ1n) is 12.8. The summed E-state index contributed by atoms with van der Waals surface area (Å²) in [6.45, 7) is 3.14. The molecule has 5 rings (SSSR count). The minimum atomic E-state index is -1.02. The molecule has 2 aliphatic rings. The van der Waals surface area contributed by atoms with E-state index >= 15 is 0 Å². The molecule has 1 aliphatic carbocycles. The Morgan fingerprint density at radius 1 is 0.944 bits per heavy atom. The second-order valence-corrected chi connectivity index (χ2v) is 9.88. The molecular weight excluding hydrogens is 458 g/mol. The molecule has 1 aromatic heterocycles. The molecule has 0 radical (unpaired) electrons. The topological polar surface area (TPSA) is 109 Å². The number of fused-ring (bicyclic) bond motifs is 1. The number of aromatic nitrogens is 2. The molecule has 3 aromatic rings. The van der Waals surface area contributed by atoms with E-state index in [4.69, 9.17) is 0 Å². The Hall–Kier alpha value is -3.59. The van der Waals surface area contributed by atoms with E-state index in [0.717, 1.165) is 56.4 Å². The average Bonchev–Trinajstić information content (AvgIpc) is 3.68. The number of carbonyl (C=O) groups is 2. The van der Waals surface area contributed by atoms with Crippen LogP contribution in [0.3, 0.4) is 0 Å². The van der Waals surface area contributed by atoms with Gasteiger partial charge in [0.05, 0.1) is 17.1 Å². The lowest BCUT2D eigenvalue weighted by molar-refractivity contribution is 0.168. The molecule has 0 spiro atoms. The fourth-order valence-electron chi connectivity index (χ4n) is 5.25. The summed E-state index contributed by atoms with van der Waals surface area (Å²) in [6, 6.07) is 16.8. The maximum absolute atomic E-state index is 13.0. The Bertz CT molecular complexity index is 1270. The van der Waals surface area contributed by atoms with Gasteiger partial charge in [-0.25, -0.2) is 19.0 Å². The maximum Gasteiger partial charge on any atom is 0.405 e. The molecule has 9 heteroatoms. The molecule has 36 heavy (non-hydrogen) atoms. The molecule has 0 bridgehead atoms. The third kappa shape index (κ3) is 5.31. The Morgan fingerprint density at radius 2 is 1.61 bits per heavy atom. The van der Waals surface area contributed by atoms with Gasteiger partial charge in [0, 0.05) is 19.1 Å². The zero-order valence-corrected chi connectivity index (χ0v) is 20.3. The molecule has 2 heterocycles. The number of benzene rings is 2. The van der Waals surface area contributed by atoms with Crippen molar-refractivity contribution in [3.8, 4) is 0 Å². The van der Waals surface area contributed by atoms with Crippen LogP contribution >= 0.6 is 0 Å². The maximum atomic E-state index is 13.0. The molecule has 1 aliphatic heterocycles. The number of carboxylic acid groups (broad SMARTS) is 1. The lowest BCUT2D eigenvalue weighted by Crippen LogP contribution is -2.42. The molecule has 3 N–H and O–H groups in total. The summed E-state index contributed by atoms with van der Waals surface area (Å²) in [5, 5.41) is 14.9. The highest BCUT2D eigenvalue weighted by molar-refractivity contribution is 5.89. The van der Waals surface area contributed by atoms with Crippen molar-refractivity contribution in [1.82, 2.24) is 24.7 Å². The summed E-state index contributed by atoms with van der Waals surface area (Å²) >= 11 is 0. The average molecular weight is 492 g/mol. The van der Waals surface area contributed by atoms with Crippen molar-refractivity contribution >= 4 is 23.2 Å². The Morgan fingerprint density at radius 3 is 2.28 bits per heavy atom. The number of piperidine rings is 1. The van der Waals surface area contributed by atoms with Crippen molar-refractivity contribution in [3.05, 3.63) is 70.6 Å². The molecule has 2 amide bonds. The van der Waals surface area contributed by atoms with Crippen molar-refractivity contribution in [2.45, 2.75) is 44.2 Å². The number of carbonyl (C=O) groups excluding carboxylic acids is 1. The Balaban J connectivity index is 1.13. The lowest BCUT2D eigenvalue weighted by Gasteiger charge is -2.33. The van der Waals surface area contributed by atoms with Crippen LogP contribution < -0.4 is 16.3 Å². The van der Waals surface area contributed by atoms with E-state index < -0.39 is 6.09 Å². The zero-order chi connectivity index (χ0) is 25.1. The minimum absolute atomic E-state index is 0.202. The number of nitrogens with zero attached hydrogens (tertiary/aromatic N) is 3. The van der Waals surface area contributed by atoms with E-state index in [1.165, 1.54) is 4.57 Å². The van der Waals surface area contributed by atoms with Crippen LogP contribution in [0.25, 0.3) is 11.0 Å². The molecule has 2 aromatic carbocycles. The lowest BCUT2D eigenvalue weighted by atomic mass is 9.96. The summed E-state index contributed by atoms with van der Waals surface area (Å²) in [5.41, 5.74) is 2.19. The molecular formula is C27H33N5O4. The van der Waals surface area contributed by atoms with E-state index in [9.17, 15) is 19.5 Å². The van der Waals surface area contributed by atoms with Crippen LogP contribution in [0.15, 0.2) is 59.4 Å². The van der Waals surface area contributed by atoms with Gasteiger partial charge in [-0.1, -0.05) is 42.5 Å². The molecule has 9 nitrogen and oxygen atoms in total. The smallest absolute Gasteiger partial charge is 0.405 e. The van der Waals surface area contributed by atoms with E-state index in [2.05, 4.69) is 15.5 Å². The van der Waals surface area contributed by atoms with Crippen molar-refractivity contribution in [2.24, 2.45) is 5.92 Å². The molecule has 1 saturated carbocycles. The summed E-state index contributed by atoms with van der Waals surface area (Å²) in [5.74, 6) is 0.347. The van der Waals surface area contributed by atoms with Crippen LogP contribution in [0, 0.1) is 5.92 Å². The second kappa shape index (κ2) is 10.6. The Kier molecular flexibility index (Phi) is 7.09. The van der Waals surface area contributed by atoms with E-state index in [0.29, 0.717) is 24.4 Å². The molecule has 2 fully saturated rings. The number of nitrogens with one attached hydrogen (secondary N) is 2. The predicted octanol–water partition coefficient (Wildman–Crippen LogP) is 3.81. The first kappa shape index (κ1) is 24.1. The largest absolute Gasteiger partial charge is 0.465 e. The summed E-state index contributed by atoms with van der Waals surface area (Å²) in [6.07, 6.45) is 3.53. The molecule has 1 saturated heterocycles. The van der Waals surface area contributed by atoms with E-state index in [1.807, 2.05) is 54.6 Å². The molecule has 190 valence electrons. The van der Waals surface area contributed by atoms with Gasteiger partial charge in [-0.2, -0.15) is 0 Å². The van der Waals surface area contributed by atoms with Crippen LogP contribution in [0.5, 0.6) is 0 Å². The summed E-state index contributed by atoms with van der Waals surface area (Å²) in [7, 11) is 0. The first-order chi connectivity index (χ1) is 17.5. The number of amides is 2. The molecule has 1 unspecified atom stereocenters. The van der Waals surface area contributed by atoms with E-state index in [1.54, 1.807) is 4.57 Å². The van der Waals surface area contributed by atoms with Crippen molar-refractivity contribution < 1.29 is 14.7 Å². The fourth-order valence-corrected chi connectivity index (χ4v) is 5.25. The van der Waals surface area contributed by atoms with Crippen LogP contribution in [-0.4, -0.2) is 57.4 Å². The van der Waals surface area contributed by atoms with Gasteiger partial charge < -0.3 is 20.6 Å². The van der Waals surface area contributed by atoms with Crippen LogP contribution in [0.2, 0.25) is 0 Å². The highest BCUT2D eigenvalue weighted by atomic mass is 16.4. The summed E-state index contributed by atoms with van der Waals surface area (Å²) < 4.78 is 3.04. The zero-order valence-electron chi connectivity index (χ0n) is 20.3. The monoisotopic (exact) mass is 491 g/mol. The normalized spacial score (nSPS) is 17.7. The fraction of sp³-hybridized carbons (Fsp3) is 0.444. The van der Waals surface area contributed by atoms with Gasteiger partial charge in [0.2, 0.25) is 0 Å². The second-order valence-electron chi connectivity index (χ2n) is 9.88. The van der Waals surface area contributed by atoms with Gasteiger partial charge in [0.15, 0.2) is 0 Å². The Labute approximate surface area is 209 Å². The quantitative estimate of drug-likeness (QED) is 0.444. The molecule has 1 atom stereocenters. The van der Waals surface area contributed by atoms with Gasteiger partial charge >= 0.3 is 17.8 Å². The van der Waals surface area contributed by atoms with Crippen molar-refractivity contribution in [3.63, 3.8) is 0 Å². The van der Waals surface area contributed by atoms with Crippen molar-refractivity contribution in [2.75, 3.05) is 26.2 Å². The number of hydrogen-bond donors (Lipinski definition) is 3. The third-order valence-corrected chi connectivity index (χ3v) is 7.38. The van der Waals surface area contributed by atoms with Crippen molar-refractivity contribution in [1.29, 1.82) is 0 Å². The number of likely N-dealkylation sites (tertiary alicyclic amines) is 1. The number of para-hydroxylation sites is 2. The highest BCUT2D eigenvalue weighted by Crippen LogP contribution is 2.36. The number of imidazole rings is 1. The van der Waals surface area contributed by atoms with E-state index in [-0.39, 0.29) is 23.8 Å². The van der Waals surface area contributed by atoms with Gasteiger partial charge in [-0.05, 0) is 68.8 Å². The summed E-state index contributed by atoms with van der Waals surface area (Å²) in [4.78, 5) is 39.6. The van der Waals surface area contributed by atoms with Gasteiger partial charge in [0.1, 0.15) is 0 Å². The minimum Gasteiger partial charge on any atom is -0.465 e. The van der Waals surface area contributed by atoms with Crippen LogP contribution in [0.4, 0.5) is 9.59 Å². The van der Waals surface area contributed by atoms with Gasteiger partial charge in [0.25, 0.3) is 0 Å². The first-order valence-corrected chi connectivity index (χ1v) is 12.8. The SMILES string of the molecule is O=C(O)NC(CCN1CCC(CNC(=O)n2c(=O)n(C3CC3)c3ccccc32)CC1)c1ccccc1. The third-order valence-electron chi connectivity index (χ3n) is 7.38. The van der Waals surface area contributed by atoms with Gasteiger partial charge in [-0.3, -0.25) is 4.57 Å². The van der Waals surface area contributed by atoms with Crippen LogP contribution in [-0.2, 0) is 0 Å². The standard InChI is InChI=1S/C27H33N5O4/c33-25(32-24-9-5-4-8-23(24)31(27(32)36)21-10-11-21)28-18-19-12-15-30(16-13-19)17-14-22(29-26(34)35)20-6-2-1-3-7-20/h1-9,19,21-22,29H,10-18H2,(H,28,33)(H,34,35). The van der Waals surface area contributed by atoms with Crippen LogP contribution in [0.1, 0.15) is 49.8 Å². The predicted molar refractivity (Wildman–Crippen MR) is 137 cm³/mol. The number of hydrogen-bond acceptors (Lipinski definition) is 4. The van der Waals surface area contributed by atoms with Gasteiger partial charge in [-0.15, -0.1) is 0 Å². The highest BCUT2D eigenvalue weighted by Gasteiger charge is 2.30.